The number of aromatic nitrogens is 1. The molecular weight excluding hydrogens is 288 g/mol. The maximum Gasteiger partial charge on any atom is 0.335 e. The molecule has 2 rings (SSSR count). The quantitative estimate of drug-likeness (QED) is 0.872. The lowest BCUT2D eigenvalue weighted by Crippen LogP contribution is -2.15. The normalized spacial score (nSPS) is 12.3. The zero-order chi connectivity index (χ0) is 17.4. The van der Waals surface area contributed by atoms with Gasteiger partial charge in [-0.1, -0.05) is 20.8 Å². The third kappa shape index (κ3) is 3.42. The summed E-state index contributed by atoms with van der Waals surface area (Å²) in [5.41, 5.74) is 9.33. The number of rotatable bonds is 5. The van der Waals surface area contributed by atoms with Gasteiger partial charge in [0, 0.05) is 17.6 Å². The smallest absolute Gasteiger partial charge is 0.335 e. The van der Waals surface area contributed by atoms with Gasteiger partial charge in [0.15, 0.2) is 0 Å². The molecule has 0 unspecified atom stereocenters. The highest BCUT2D eigenvalue weighted by Crippen LogP contribution is 2.36. The van der Waals surface area contributed by atoms with Crippen LogP contribution in [0.1, 0.15) is 68.6 Å². The van der Waals surface area contributed by atoms with Crippen LogP contribution in [-0.4, -0.2) is 22.2 Å². The number of carboxylic acid groups (broad SMARTS) is 1. The summed E-state index contributed by atoms with van der Waals surface area (Å²) < 4.78 is 2.27. The number of carboxylic acids is 1. The van der Waals surface area contributed by atoms with E-state index in [-0.39, 0.29) is 5.41 Å². The molecule has 0 radical (unpaired) electrons. The van der Waals surface area contributed by atoms with Crippen molar-refractivity contribution in [3.63, 3.8) is 0 Å². The fourth-order valence-electron chi connectivity index (χ4n) is 3.05. The number of hydrogen-bond donors (Lipinski definition) is 2. The van der Waals surface area contributed by atoms with Crippen molar-refractivity contribution in [3.05, 3.63) is 35.0 Å². The van der Waals surface area contributed by atoms with Crippen molar-refractivity contribution in [1.82, 2.24) is 4.57 Å². The molecule has 0 aliphatic rings. The van der Waals surface area contributed by atoms with Crippen molar-refractivity contribution in [2.24, 2.45) is 5.73 Å². The number of aryl methyl sites for hydroxylation is 1. The predicted molar refractivity (Wildman–Crippen MR) is 95.4 cm³/mol. The average Bonchev–Trinajstić information content (AvgIpc) is 2.81. The van der Waals surface area contributed by atoms with Crippen LogP contribution in [0.4, 0.5) is 0 Å². The molecule has 4 nitrogen and oxygen atoms in total. The topological polar surface area (TPSA) is 68.2 Å². The number of benzene rings is 1. The first-order valence-corrected chi connectivity index (χ1v) is 8.28. The Labute approximate surface area is 138 Å². The van der Waals surface area contributed by atoms with Crippen molar-refractivity contribution >= 4 is 16.9 Å². The average molecular weight is 316 g/mol. The molecule has 23 heavy (non-hydrogen) atoms. The zero-order valence-corrected chi connectivity index (χ0v) is 14.8. The van der Waals surface area contributed by atoms with Gasteiger partial charge in [0.05, 0.1) is 11.1 Å². The molecule has 3 N–H and O–H groups in total. The summed E-state index contributed by atoms with van der Waals surface area (Å²) in [7, 11) is 0. The van der Waals surface area contributed by atoms with Crippen molar-refractivity contribution in [1.29, 1.82) is 0 Å². The van der Waals surface area contributed by atoms with E-state index in [1.165, 1.54) is 5.56 Å². The van der Waals surface area contributed by atoms with Gasteiger partial charge in [-0.15, -0.1) is 0 Å². The lowest BCUT2D eigenvalue weighted by Gasteiger charge is -2.23. The van der Waals surface area contributed by atoms with E-state index in [1.54, 1.807) is 0 Å². The largest absolute Gasteiger partial charge is 0.478 e. The standard InChI is InChI=1S/C19H28N2O2/c1-12(2)21-11-13(7-6-8-20)15-9-14(18(22)23)10-16(17(15)21)19(3,4)5/h9-12H,6-8,20H2,1-5H3,(H,22,23). The summed E-state index contributed by atoms with van der Waals surface area (Å²) in [6.07, 6.45) is 3.95. The minimum atomic E-state index is -0.875. The number of nitrogens with two attached hydrogens (primary N) is 1. The second kappa shape index (κ2) is 6.36. The third-order valence-electron chi connectivity index (χ3n) is 4.27. The summed E-state index contributed by atoms with van der Waals surface area (Å²) in [5.74, 6) is -0.875. The number of carbonyl (C=O) groups is 1. The number of hydrogen-bond acceptors (Lipinski definition) is 2. The van der Waals surface area contributed by atoms with Crippen LogP contribution in [0.2, 0.25) is 0 Å². The van der Waals surface area contributed by atoms with Crippen molar-refractivity contribution in [3.8, 4) is 0 Å². The molecule has 0 saturated heterocycles. The SMILES string of the molecule is CC(C)n1cc(CCCN)c2cc(C(=O)O)cc(C(C)(C)C)c21. The fraction of sp³-hybridized carbons (Fsp3) is 0.526. The minimum absolute atomic E-state index is 0.125. The van der Waals surface area contributed by atoms with Crippen LogP contribution >= 0.6 is 0 Å². The van der Waals surface area contributed by atoms with Crippen LogP contribution in [0.3, 0.4) is 0 Å². The van der Waals surface area contributed by atoms with E-state index < -0.39 is 5.97 Å². The maximum absolute atomic E-state index is 11.6. The summed E-state index contributed by atoms with van der Waals surface area (Å²) in [4.78, 5) is 11.6. The van der Waals surface area contributed by atoms with E-state index >= 15 is 0 Å². The molecule has 1 aromatic heterocycles. The summed E-state index contributed by atoms with van der Waals surface area (Å²) in [6.45, 7) is 11.3. The van der Waals surface area contributed by atoms with Gasteiger partial charge in [-0.3, -0.25) is 0 Å². The van der Waals surface area contributed by atoms with Crippen LogP contribution in [0.25, 0.3) is 10.9 Å². The van der Waals surface area contributed by atoms with E-state index in [0.29, 0.717) is 18.2 Å². The van der Waals surface area contributed by atoms with Gasteiger partial charge in [0.1, 0.15) is 0 Å². The Hall–Kier alpha value is -1.81. The summed E-state index contributed by atoms with van der Waals surface area (Å²) in [5, 5.41) is 10.5. The van der Waals surface area contributed by atoms with E-state index in [0.717, 1.165) is 29.3 Å². The maximum atomic E-state index is 11.6. The van der Waals surface area contributed by atoms with Gasteiger partial charge in [0.2, 0.25) is 0 Å². The Morgan fingerprint density at radius 3 is 2.43 bits per heavy atom. The first kappa shape index (κ1) is 17.5. The molecule has 0 spiro atoms. The first-order chi connectivity index (χ1) is 10.7. The molecule has 0 fully saturated rings. The summed E-state index contributed by atoms with van der Waals surface area (Å²) >= 11 is 0. The number of fused-ring (bicyclic) bond motifs is 1. The zero-order valence-electron chi connectivity index (χ0n) is 14.8. The van der Waals surface area contributed by atoms with Crippen LogP contribution < -0.4 is 5.73 Å². The van der Waals surface area contributed by atoms with E-state index in [4.69, 9.17) is 5.73 Å². The Morgan fingerprint density at radius 2 is 1.96 bits per heavy atom. The molecule has 1 heterocycles. The van der Waals surface area contributed by atoms with Crippen LogP contribution in [-0.2, 0) is 11.8 Å². The molecule has 126 valence electrons. The van der Waals surface area contributed by atoms with E-state index in [2.05, 4.69) is 45.4 Å². The lowest BCUT2D eigenvalue weighted by molar-refractivity contribution is 0.0697. The molecule has 0 saturated carbocycles. The molecule has 0 aliphatic heterocycles. The third-order valence-corrected chi connectivity index (χ3v) is 4.27. The fourth-order valence-corrected chi connectivity index (χ4v) is 3.05. The van der Waals surface area contributed by atoms with Gasteiger partial charge < -0.3 is 15.4 Å². The Bertz CT molecular complexity index is 721. The number of nitrogens with zero attached hydrogens (tertiary/aromatic N) is 1. The Kier molecular flexibility index (Phi) is 4.85. The molecule has 0 aliphatic carbocycles. The van der Waals surface area contributed by atoms with Gasteiger partial charge in [0.25, 0.3) is 0 Å². The van der Waals surface area contributed by atoms with Gasteiger partial charge >= 0.3 is 5.97 Å². The monoisotopic (exact) mass is 316 g/mol. The minimum Gasteiger partial charge on any atom is -0.478 e. The molecule has 0 bridgehead atoms. The summed E-state index contributed by atoms with van der Waals surface area (Å²) in [6, 6.07) is 3.97. The highest BCUT2D eigenvalue weighted by Gasteiger charge is 2.24. The predicted octanol–water partition coefficient (Wildman–Crippen LogP) is 4.11. The Balaban J connectivity index is 2.85. The van der Waals surface area contributed by atoms with Crippen LogP contribution in [0.5, 0.6) is 0 Å². The van der Waals surface area contributed by atoms with Crippen molar-refractivity contribution < 1.29 is 9.90 Å². The molecule has 0 atom stereocenters. The van der Waals surface area contributed by atoms with E-state index in [9.17, 15) is 9.90 Å². The van der Waals surface area contributed by atoms with Crippen molar-refractivity contribution in [2.75, 3.05) is 6.54 Å². The lowest BCUT2D eigenvalue weighted by atomic mass is 9.84. The molecule has 1 aromatic carbocycles. The molecule has 2 aromatic rings. The second-order valence-corrected chi connectivity index (χ2v) is 7.52. The van der Waals surface area contributed by atoms with E-state index in [1.807, 2.05) is 12.1 Å². The highest BCUT2D eigenvalue weighted by molar-refractivity contribution is 5.97. The van der Waals surface area contributed by atoms with Crippen molar-refractivity contribution in [2.45, 2.75) is 58.9 Å². The van der Waals surface area contributed by atoms with Gasteiger partial charge in [-0.05, 0) is 61.9 Å². The van der Waals surface area contributed by atoms with Crippen LogP contribution in [0.15, 0.2) is 18.3 Å². The number of aromatic carboxylic acids is 1. The molecule has 4 heteroatoms. The van der Waals surface area contributed by atoms with Crippen LogP contribution in [0, 0.1) is 0 Å². The van der Waals surface area contributed by atoms with Gasteiger partial charge in [-0.2, -0.15) is 0 Å². The van der Waals surface area contributed by atoms with Gasteiger partial charge in [-0.25, -0.2) is 4.79 Å². The highest BCUT2D eigenvalue weighted by atomic mass is 16.4. The Morgan fingerprint density at radius 1 is 1.30 bits per heavy atom. The molecule has 0 amide bonds. The molecular formula is C19H28N2O2. The first-order valence-electron chi connectivity index (χ1n) is 8.28. The second-order valence-electron chi connectivity index (χ2n) is 7.52.